The van der Waals surface area contributed by atoms with E-state index in [-0.39, 0.29) is 6.04 Å². The van der Waals surface area contributed by atoms with Crippen LogP contribution in [-0.2, 0) is 11.8 Å². The first-order valence-electron chi connectivity index (χ1n) is 5.86. The molecular formula is C11H20N4O. The van der Waals surface area contributed by atoms with Gasteiger partial charge in [-0.2, -0.15) is 0 Å². The number of nitrogens with zero attached hydrogens (tertiary/aromatic N) is 3. The molecule has 1 aliphatic rings. The normalized spacial score (nSPS) is 24.6. The molecule has 0 bridgehead atoms. The average molecular weight is 224 g/mol. The van der Waals surface area contributed by atoms with Crippen LogP contribution in [0.5, 0.6) is 0 Å². The summed E-state index contributed by atoms with van der Waals surface area (Å²) < 4.78 is 7.35. The molecule has 3 atom stereocenters. The highest BCUT2D eigenvalue weighted by Gasteiger charge is 2.24. The van der Waals surface area contributed by atoms with E-state index in [4.69, 9.17) is 4.74 Å². The van der Waals surface area contributed by atoms with E-state index in [1.807, 2.05) is 11.6 Å². The van der Waals surface area contributed by atoms with Crippen molar-refractivity contribution in [1.82, 2.24) is 20.1 Å². The molecule has 2 rings (SSSR count). The number of hydrogen-bond acceptors (Lipinski definition) is 4. The van der Waals surface area contributed by atoms with E-state index in [1.165, 1.54) is 0 Å². The van der Waals surface area contributed by atoms with Crippen molar-refractivity contribution in [3.8, 4) is 0 Å². The van der Waals surface area contributed by atoms with Gasteiger partial charge in [-0.3, -0.25) is 0 Å². The SMILES string of the molecule is CC(NC(C)C1CCOC1)c1nncn1C. The van der Waals surface area contributed by atoms with Gasteiger partial charge >= 0.3 is 0 Å². The fourth-order valence-electron chi connectivity index (χ4n) is 2.24. The second-order valence-electron chi connectivity index (χ2n) is 4.60. The lowest BCUT2D eigenvalue weighted by Gasteiger charge is -2.23. The van der Waals surface area contributed by atoms with Gasteiger partial charge in [-0.15, -0.1) is 10.2 Å². The highest BCUT2D eigenvalue weighted by molar-refractivity contribution is 4.93. The van der Waals surface area contributed by atoms with Crippen LogP contribution in [0, 0.1) is 5.92 Å². The fourth-order valence-corrected chi connectivity index (χ4v) is 2.24. The van der Waals surface area contributed by atoms with Crippen molar-refractivity contribution in [1.29, 1.82) is 0 Å². The number of hydrogen-bond donors (Lipinski definition) is 1. The van der Waals surface area contributed by atoms with Gasteiger partial charge in [0.05, 0.1) is 12.6 Å². The first-order valence-corrected chi connectivity index (χ1v) is 5.86. The molecule has 3 unspecified atom stereocenters. The van der Waals surface area contributed by atoms with E-state index >= 15 is 0 Å². The van der Waals surface area contributed by atoms with Crippen molar-refractivity contribution in [2.45, 2.75) is 32.4 Å². The maximum atomic E-state index is 5.40. The molecule has 90 valence electrons. The summed E-state index contributed by atoms with van der Waals surface area (Å²) in [6.45, 7) is 6.11. The Bertz CT molecular complexity index is 332. The zero-order chi connectivity index (χ0) is 11.5. The lowest BCUT2D eigenvalue weighted by Crippen LogP contribution is -2.36. The van der Waals surface area contributed by atoms with Crippen LogP contribution in [0.3, 0.4) is 0 Å². The number of rotatable bonds is 4. The van der Waals surface area contributed by atoms with Crippen LogP contribution in [0.15, 0.2) is 6.33 Å². The van der Waals surface area contributed by atoms with Crippen molar-refractivity contribution in [2.24, 2.45) is 13.0 Å². The Kier molecular flexibility index (Phi) is 3.56. The Morgan fingerprint density at radius 1 is 1.56 bits per heavy atom. The molecule has 1 aromatic rings. The predicted molar refractivity (Wildman–Crippen MR) is 60.9 cm³/mol. The third kappa shape index (κ3) is 2.41. The Balaban J connectivity index is 1.91. The molecule has 5 heteroatoms. The molecule has 5 nitrogen and oxygen atoms in total. The number of aromatic nitrogens is 3. The van der Waals surface area contributed by atoms with E-state index in [0.717, 1.165) is 25.5 Å². The molecule has 1 aliphatic heterocycles. The number of aryl methyl sites for hydroxylation is 1. The summed E-state index contributed by atoms with van der Waals surface area (Å²) in [4.78, 5) is 0. The van der Waals surface area contributed by atoms with Crippen LogP contribution in [0.25, 0.3) is 0 Å². The molecule has 16 heavy (non-hydrogen) atoms. The molecule has 0 amide bonds. The molecular weight excluding hydrogens is 204 g/mol. The van der Waals surface area contributed by atoms with Crippen LogP contribution in [0.1, 0.15) is 32.1 Å². The summed E-state index contributed by atoms with van der Waals surface area (Å²) in [7, 11) is 1.97. The molecule has 1 N–H and O–H groups in total. The van der Waals surface area contributed by atoms with Gasteiger partial charge in [0.2, 0.25) is 0 Å². The minimum absolute atomic E-state index is 0.225. The van der Waals surface area contributed by atoms with Crippen molar-refractivity contribution in [3.05, 3.63) is 12.2 Å². The van der Waals surface area contributed by atoms with Gasteiger partial charge < -0.3 is 14.6 Å². The lowest BCUT2D eigenvalue weighted by molar-refractivity contribution is 0.176. The summed E-state index contributed by atoms with van der Waals surface area (Å²) in [5.74, 6) is 1.60. The first kappa shape index (κ1) is 11.5. The van der Waals surface area contributed by atoms with Crippen LogP contribution in [0.2, 0.25) is 0 Å². The second-order valence-corrected chi connectivity index (χ2v) is 4.60. The standard InChI is InChI=1S/C11H20N4O/c1-8(10-4-5-16-6-10)13-9(2)11-14-12-7-15(11)3/h7-10,13H,4-6H2,1-3H3. The van der Waals surface area contributed by atoms with E-state index in [2.05, 4.69) is 29.4 Å². The van der Waals surface area contributed by atoms with E-state index in [0.29, 0.717) is 12.0 Å². The third-order valence-corrected chi connectivity index (χ3v) is 3.32. The van der Waals surface area contributed by atoms with Gasteiger partial charge in [-0.1, -0.05) is 0 Å². The Morgan fingerprint density at radius 2 is 2.38 bits per heavy atom. The molecule has 0 spiro atoms. The van der Waals surface area contributed by atoms with E-state index < -0.39 is 0 Å². The lowest BCUT2D eigenvalue weighted by atomic mass is 10.00. The Morgan fingerprint density at radius 3 is 2.94 bits per heavy atom. The Labute approximate surface area is 96.2 Å². The first-order chi connectivity index (χ1) is 7.68. The summed E-state index contributed by atoms with van der Waals surface area (Å²) >= 11 is 0. The molecule has 2 heterocycles. The van der Waals surface area contributed by atoms with Crippen molar-refractivity contribution in [2.75, 3.05) is 13.2 Å². The van der Waals surface area contributed by atoms with Crippen LogP contribution >= 0.6 is 0 Å². The van der Waals surface area contributed by atoms with E-state index in [1.54, 1.807) is 6.33 Å². The van der Waals surface area contributed by atoms with Gasteiger partial charge in [0.25, 0.3) is 0 Å². The van der Waals surface area contributed by atoms with E-state index in [9.17, 15) is 0 Å². The van der Waals surface area contributed by atoms with Crippen molar-refractivity contribution in [3.63, 3.8) is 0 Å². The zero-order valence-corrected chi connectivity index (χ0v) is 10.2. The maximum absolute atomic E-state index is 5.40. The quantitative estimate of drug-likeness (QED) is 0.825. The minimum atomic E-state index is 0.225. The van der Waals surface area contributed by atoms with Crippen LogP contribution in [-0.4, -0.2) is 34.0 Å². The average Bonchev–Trinajstić information content (AvgIpc) is 2.86. The smallest absolute Gasteiger partial charge is 0.149 e. The largest absolute Gasteiger partial charge is 0.381 e. The van der Waals surface area contributed by atoms with Crippen LogP contribution in [0.4, 0.5) is 0 Å². The molecule has 0 aliphatic carbocycles. The summed E-state index contributed by atoms with van der Waals surface area (Å²) in [6.07, 6.45) is 2.89. The summed E-state index contributed by atoms with van der Waals surface area (Å²) in [5, 5.41) is 11.6. The third-order valence-electron chi connectivity index (χ3n) is 3.32. The van der Waals surface area contributed by atoms with Gasteiger partial charge in [0.1, 0.15) is 12.2 Å². The summed E-state index contributed by atoms with van der Waals surface area (Å²) in [6, 6.07) is 0.678. The van der Waals surface area contributed by atoms with Gasteiger partial charge in [-0.25, -0.2) is 0 Å². The molecule has 1 fully saturated rings. The highest BCUT2D eigenvalue weighted by Crippen LogP contribution is 2.19. The summed E-state index contributed by atoms with van der Waals surface area (Å²) in [5.41, 5.74) is 0. The molecule has 1 aromatic heterocycles. The van der Waals surface area contributed by atoms with Gasteiger partial charge in [0, 0.05) is 19.7 Å². The topological polar surface area (TPSA) is 52.0 Å². The van der Waals surface area contributed by atoms with Crippen molar-refractivity contribution >= 4 is 0 Å². The fraction of sp³-hybridized carbons (Fsp3) is 0.818. The monoisotopic (exact) mass is 224 g/mol. The predicted octanol–water partition coefficient (Wildman–Crippen LogP) is 0.891. The highest BCUT2D eigenvalue weighted by atomic mass is 16.5. The minimum Gasteiger partial charge on any atom is -0.381 e. The molecule has 0 radical (unpaired) electrons. The molecule has 1 saturated heterocycles. The van der Waals surface area contributed by atoms with Gasteiger partial charge in [-0.05, 0) is 26.2 Å². The maximum Gasteiger partial charge on any atom is 0.149 e. The Hall–Kier alpha value is -0.940. The molecule has 0 saturated carbocycles. The van der Waals surface area contributed by atoms with Crippen LogP contribution < -0.4 is 5.32 Å². The zero-order valence-electron chi connectivity index (χ0n) is 10.2. The number of ether oxygens (including phenoxy) is 1. The van der Waals surface area contributed by atoms with Gasteiger partial charge in [0.15, 0.2) is 0 Å². The van der Waals surface area contributed by atoms with Crippen molar-refractivity contribution < 1.29 is 4.74 Å². The molecule has 0 aromatic carbocycles. The number of nitrogens with one attached hydrogen (secondary N) is 1. The second kappa shape index (κ2) is 4.93.